The van der Waals surface area contributed by atoms with Gasteiger partial charge in [0.05, 0.1) is 18.6 Å². The maximum atomic E-state index is 12.0. The van der Waals surface area contributed by atoms with Crippen LogP contribution in [0.3, 0.4) is 0 Å². The van der Waals surface area contributed by atoms with Crippen LogP contribution in [0.5, 0.6) is 11.5 Å². The Morgan fingerprint density at radius 1 is 1.15 bits per heavy atom. The van der Waals surface area contributed by atoms with Gasteiger partial charge in [0.1, 0.15) is 0 Å². The monoisotopic (exact) mass is 293 g/mol. The van der Waals surface area contributed by atoms with Gasteiger partial charge in [0.15, 0.2) is 11.5 Å². The van der Waals surface area contributed by atoms with Crippen LogP contribution < -0.4 is 9.46 Å². The lowest BCUT2D eigenvalue weighted by atomic mass is 10.2. The van der Waals surface area contributed by atoms with E-state index in [1.54, 1.807) is 24.3 Å². The van der Waals surface area contributed by atoms with Crippen molar-refractivity contribution in [3.05, 3.63) is 54.1 Å². The van der Waals surface area contributed by atoms with Crippen LogP contribution in [0.15, 0.2) is 48.5 Å². The van der Waals surface area contributed by atoms with Gasteiger partial charge in [-0.15, -0.1) is 0 Å². The van der Waals surface area contributed by atoms with Gasteiger partial charge >= 0.3 is 0 Å². The first-order valence-corrected chi connectivity index (χ1v) is 7.57. The zero-order chi connectivity index (χ0) is 14.6. The van der Waals surface area contributed by atoms with E-state index in [0.29, 0.717) is 11.3 Å². The molecule has 0 fully saturated rings. The van der Waals surface area contributed by atoms with Gasteiger partial charge in [-0.3, -0.25) is 4.72 Å². The molecule has 0 aliphatic heterocycles. The normalized spacial score (nSPS) is 11.1. The molecule has 0 heterocycles. The average Bonchev–Trinajstić information content (AvgIpc) is 2.39. The standard InChI is InChI=1S/C14H15NO4S/c1-19-14-8-7-12(9-13(14)16)15-20(17,18)10-11-5-3-2-4-6-11/h2-9,15-16H,10H2,1H3. The van der Waals surface area contributed by atoms with Crippen LogP contribution in [0.4, 0.5) is 5.69 Å². The summed E-state index contributed by atoms with van der Waals surface area (Å²) in [6.07, 6.45) is 0. The molecule has 0 saturated heterocycles. The van der Waals surface area contributed by atoms with Crippen molar-refractivity contribution >= 4 is 15.7 Å². The first kappa shape index (κ1) is 14.2. The van der Waals surface area contributed by atoms with Gasteiger partial charge in [-0.2, -0.15) is 0 Å². The molecule has 5 nitrogen and oxygen atoms in total. The first-order valence-electron chi connectivity index (χ1n) is 5.91. The second-order valence-electron chi connectivity index (χ2n) is 4.23. The van der Waals surface area contributed by atoms with Crippen LogP contribution in [0, 0.1) is 0 Å². The van der Waals surface area contributed by atoms with E-state index in [4.69, 9.17) is 4.74 Å². The number of nitrogens with one attached hydrogen (secondary N) is 1. The van der Waals surface area contributed by atoms with Gasteiger partial charge in [0.2, 0.25) is 10.0 Å². The molecule has 106 valence electrons. The lowest BCUT2D eigenvalue weighted by molar-refractivity contribution is 0.373. The quantitative estimate of drug-likeness (QED) is 0.887. The predicted octanol–water partition coefficient (Wildman–Crippen LogP) is 2.34. The molecule has 0 aliphatic carbocycles. The SMILES string of the molecule is COc1ccc(NS(=O)(=O)Cc2ccccc2)cc1O. The van der Waals surface area contributed by atoms with Crippen molar-refractivity contribution in [2.24, 2.45) is 0 Å². The summed E-state index contributed by atoms with van der Waals surface area (Å²) < 4.78 is 31.3. The number of benzene rings is 2. The zero-order valence-corrected chi connectivity index (χ0v) is 11.7. The fourth-order valence-electron chi connectivity index (χ4n) is 1.76. The number of rotatable bonds is 5. The van der Waals surface area contributed by atoms with Crippen molar-refractivity contribution in [3.63, 3.8) is 0 Å². The van der Waals surface area contributed by atoms with E-state index in [0.717, 1.165) is 0 Å². The predicted molar refractivity (Wildman–Crippen MR) is 77.3 cm³/mol. The first-order chi connectivity index (χ1) is 9.50. The summed E-state index contributed by atoms with van der Waals surface area (Å²) in [6, 6.07) is 13.2. The van der Waals surface area contributed by atoms with E-state index in [-0.39, 0.29) is 17.3 Å². The summed E-state index contributed by atoms with van der Waals surface area (Å²) in [6.45, 7) is 0. The second-order valence-corrected chi connectivity index (χ2v) is 5.96. The highest BCUT2D eigenvalue weighted by molar-refractivity contribution is 7.91. The number of hydrogen-bond donors (Lipinski definition) is 2. The summed E-state index contributed by atoms with van der Waals surface area (Å²) in [5.74, 6) is 0.0455. The van der Waals surface area contributed by atoms with Crippen molar-refractivity contribution in [2.45, 2.75) is 5.75 Å². The molecule has 2 rings (SSSR count). The molecule has 0 atom stereocenters. The van der Waals surface area contributed by atoms with Crippen molar-refractivity contribution in [3.8, 4) is 11.5 Å². The summed E-state index contributed by atoms with van der Waals surface area (Å²) in [7, 11) is -2.10. The minimum absolute atomic E-state index is 0.118. The van der Waals surface area contributed by atoms with Crippen LogP contribution in [-0.2, 0) is 15.8 Å². The van der Waals surface area contributed by atoms with Gasteiger partial charge in [-0.25, -0.2) is 8.42 Å². The van der Waals surface area contributed by atoms with E-state index in [1.807, 2.05) is 6.07 Å². The number of ether oxygens (including phenoxy) is 1. The summed E-state index contributed by atoms with van der Waals surface area (Å²) in [4.78, 5) is 0. The Balaban J connectivity index is 2.14. The highest BCUT2D eigenvalue weighted by Crippen LogP contribution is 2.29. The van der Waals surface area contributed by atoms with Crippen molar-refractivity contribution in [1.29, 1.82) is 0 Å². The molecule has 0 radical (unpaired) electrons. The Morgan fingerprint density at radius 2 is 1.85 bits per heavy atom. The molecule has 0 spiro atoms. The van der Waals surface area contributed by atoms with E-state index >= 15 is 0 Å². The molecule has 0 unspecified atom stereocenters. The number of methoxy groups -OCH3 is 1. The zero-order valence-electron chi connectivity index (χ0n) is 10.9. The van der Waals surface area contributed by atoms with Gasteiger partial charge in [-0.05, 0) is 17.7 Å². The van der Waals surface area contributed by atoms with Gasteiger partial charge in [0.25, 0.3) is 0 Å². The van der Waals surface area contributed by atoms with Crippen LogP contribution in [-0.4, -0.2) is 20.6 Å². The Labute approximate surface area is 117 Å². The molecule has 6 heteroatoms. The van der Waals surface area contributed by atoms with Gasteiger partial charge in [0, 0.05) is 6.07 Å². The van der Waals surface area contributed by atoms with E-state index in [2.05, 4.69) is 4.72 Å². The minimum Gasteiger partial charge on any atom is -0.504 e. The fraction of sp³-hybridized carbons (Fsp3) is 0.143. The molecular formula is C14H15NO4S. The average molecular weight is 293 g/mol. The third-order valence-corrected chi connectivity index (χ3v) is 3.91. The van der Waals surface area contributed by atoms with Crippen LogP contribution >= 0.6 is 0 Å². The molecule has 20 heavy (non-hydrogen) atoms. The number of hydrogen-bond acceptors (Lipinski definition) is 4. The largest absolute Gasteiger partial charge is 0.504 e. The van der Waals surface area contributed by atoms with Crippen LogP contribution in [0.1, 0.15) is 5.56 Å². The van der Waals surface area contributed by atoms with E-state index in [1.165, 1.54) is 25.3 Å². The molecule has 2 aromatic rings. The number of phenols is 1. The Kier molecular flexibility index (Phi) is 4.14. The molecule has 0 aromatic heterocycles. The molecule has 2 aromatic carbocycles. The fourth-order valence-corrected chi connectivity index (χ4v) is 2.95. The van der Waals surface area contributed by atoms with E-state index < -0.39 is 10.0 Å². The minimum atomic E-state index is -3.53. The maximum Gasteiger partial charge on any atom is 0.236 e. The van der Waals surface area contributed by atoms with E-state index in [9.17, 15) is 13.5 Å². The molecule has 0 aliphatic rings. The smallest absolute Gasteiger partial charge is 0.236 e. The topological polar surface area (TPSA) is 75.6 Å². The number of sulfonamides is 1. The number of phenolic OH excluding ortho intramolecular Hbond substituents is 1. The summed E-state index contributed by atoms with van der Waals surface area (Å²) in [5.41, 5.74) is 0.983. The Hall–Kier alpha value is -2.21. The van der Waals surface area contributed by atoms with Gasteiger partial charge < -0.3 is 9.84 Å². The number of anilines is 1. The highest BCUT2D eigenvalue weighted by Gasteiger charge is 2.12. The maximum absolute atomic E-state index is 12.0. The van der Waals surface area contributed by atoms with Crippen molar-refractivity contribution < 1.29 is 18.3 Å². The molecular weight excluding hydrogens is 278 g/mol. The molecule has 0 amide bonds. The summed E-state index contributed by atoms with van der Waals surface area (Å²) >= 11 is 0. The Bertz CT molecular complexity index is 684. The van der Waals surface area contributed by atoms with Crippen LogP contribution in [0.2, 0.25) is 0 Å². The second kappa shape index (κ2) is 5.83. The van der Waals surface area contributed by atoms with Crippen molar-refractivity contribution in [2.75, 3.05) is 11.8 Å². The summed E-state index contributed by atoms with van der Waals surface area (Å²) in [5, 5.41) is 9.62. The lowest BCUT2D eigenvalue weighted by Crippen LogP contribution is -2.14. The van der Waals surface area contributed by atoms with Crippen LogP contribution in [0.25, 0.3) is 0 Å². The highest BCUT2D eigenvalue weighted by atomic mass is 32.2. The molecule has 0 bridgehead atoms. The van der Waals surface area contributed by atoms with Crippen molar-refractivity contribution in [1.82, 2.24) is 0 Å². The third-order valence-electron chi connectivity index (χ3n) is 2.65. The third kappa shape index (κ3) is 3.64. The molecule has 0 saturated carbocycles. The Morgan fingerprint density at radius 3 is 2.45 bits per heavy atom. The lowest BCUT2D eigenvalue weighted by Gasteiger charge is -2.10. The van der Waals surface area contributed by atoms with Gasteiger partial charge in [-0.1, -0.05) is 30.3 Å². The molecule has 2 N–H and O–H groups in total. The number of aromatic hydroxyl groups is 1.